The van der Waals surface area contributed by atoms with E-state index in [0.717, 1.165) is 0 Å². The van der Waals surface area contributed by atoms with Crippen LogP contribution in [0.25, 0.3) is 0 Å². The molecule has 2 aromatic rings. The largest absolute Gasteiger partial charge is 0.347 e. The van der Waals surface area contributed by atoms with E-state index in [1.54, 1.807) is 17.0 Å². The number of carbonyl (C=O) groups is 1. The summed E-state index contributed by atoms with van der Waals surface area (Å²) in [5.74, 6) is 0.277. The molecule has 0 aliphatic heterocycles. The quantitative estimate of drug-likeness (QED) is 0.911. The molecule has 0 bridgehead atoms. The number of carbonyl (C=O) groups excluding carboxylic acids is 1. The van der Waals surface area contributed by atoms with Crippen molar-refractivity contribution >= 4 is 5.91 Å². The Hall–Kier alpha value is -2.14. The van der Waals surface area contributed by atoms with Gasteiger partial charge in [0.15, 0.2) is 5.82 Å². The van der Waals surface area contributed by atoms with E-state index < -0.39 is 0 Å². The molecule has 2 rings (SSSR count). The van der Waals surface area contributed by atoms with Crippen LogP contribution in [-0.4, -0.2) is 41.0 Å². The Balaban J connectivity index is 2.08. The van der Waals surface area contributed by atoms with Crippen LogP contribution >= 0.6 is 0 Å². The van der Waals surface area contributed by atoms with E-state index in [2.05, 4.69) is 40.3 Å². The van der Waals surface area contributed by atoms with E-state index in [-0.39, 0.29) is 11.9 Å². The summed E-state index contributed by atoms with van der Waals surface area (Å²) < 4.78 is 1.71. The minimum absolute atomic E-state index is 0.133. The molecular formula is C16H22N4O. The first-order valence-corrected chi connectivity index (χ1v) is 6.97. The van der Waals surface area contributed by atoms with Gasteiger partial charge in [-0.3, -0.25) is 4.79 Å². The fourth-order valence-electron chi connectivity index (χ4n) is 2.33. The zero-order valence-corrected chi connectivity index (χ0v) is 13.0. The number of hydrogen-bond donors (Lipinski definition) is 1. The SMILES string of the molecule is Cc1cccc(C(CNC(=O)c2nccn2C)N(C)C)c1. The van der Waals surface area contributed by atoms with Gasteiger partial charge in [0, 0.05) is 26.0 Å². The minimum Gasteiger partial charge on any atom is -0.347 e. The third kappa shape index (κ3) is 3.70. The number of nitrogens with zero attached hydrogens (tertiary/aromatic N) is 3. The average molecular weight is 286 g/mol. The van der Waals surface area contributed by atoms with Crippen LogP contribution in [0, 0.1) is 6.92 Å². The molecule has 0 radical (unpaired) electrons. The van der Waals surface area contributed by atoms with E-state index in [1.165, 1.54) is 11.1 Å². The fourth-order valence-corrected chi connectivity index (χ4v) is 2.33. The van der Waals surface area contributed by atoms with Crippen molar-refractivity contribution in [3.8, 4) is 0 Å². The minimum atomic E-state index is -0.151. The highest BCUT2D eigenvalue weighted by Crippen LogP contribution is 2.18. The lowest BCUT2D eigenvalue weighted by molar-refractivity contribution is 0.0928. The molecule has 0 fully saturated rings. The van der Waals surface area contributed by atoms with Crippen LogP contribution in [0.4, 0.5) is 0 Å². The first-order valence-electron chi connectivity index (χ1n) is 6.97. The van der Waals surface area contributed by atoms with Gasteiger partial charge in [0.25, 0.3) is 5.91 Å². The number of likely N-dealkylation sites (N-methyl/N-ethyl adjacent to an activating group) is 1. The van der Waals surface area contributed by atoms with Crippen LogP contribution < -0.4 is 5.32 Å². The van der Waals surface area contributed by atoms with E-state index in [0.29, 0.717) is 12.4 Å². The normalized spacial score (nSPS) is 12.4. The molecule has 1 aromatic carbocycles. The van der Waals surface area contributed by atoms with Gasteiger partial charge in [-0.2, -0.15) is 0 Å². The molecule has 0 saturated carbocycles. The maximum absolute atomic E-state index is 12.1. The summed E-state index contributed by atoms with van der Waals surface area (Å²) >= 11 is 0. The van der Waals surface area contributed by atoms with Gasteiger partial charge in [-0.05, 0) is 26.6 Å². The predicted octanol–water partition coefficient (Wildman–Crippen LogP) is 1.76. The van der Waals surface area contributed by atoms with E-state index in [4.69, 9.17) is 0 Å². The number of benzene rings is 1. The highest BCUT2D eigenvalue weighted by Gasteiger charge is 2.17. The third-order valence-electron chi connectivity index (χ3n) is 3.53. The van der Waals surface area contributed by atoms with Gasteiger partial charge in [0.2, 0.25) is 0 Å². The Morgan fingerprint density at radius 2 is 2.19 bits per heavy atom. The average Bonchev–Trinajstić information content (AvgIpc) is 2.85. The summed E-state index contributed by atoms with van der Waals surface area (Å²) in [6.07, 6.45) is 3.39. The van der Waals surface area contributed by atoms with Crippen LogP contribution in [-0.2, 0) is 7.05 Å². The molecule has 5 nitrogen and oxygen atoms in total. The zero-order chi connectivity index (χ0) is 15.4. The van der Waals surface area contributed by atoms with E-state index >= 15 is 0 Å². The second-order valence-corrected chi connectivity index (χ2v) is 5.47. The van der Waals surface area contributed by atoms with Crippen molar-refractivity contribution < 1.29 is 4.79 Å². The molecule has 1 aromatic heterocycles. The van der Waals surface area contributed by atoms with Crippen LogP contribution in [0.15, 0.2) is 36.7 Å². The molecule has 21 heavy (non-hydrogen) atoms. The molecule has 112 valence electrons. The molecular weight excluding hydrogens is 264 g/mol. The van der Waals surface area contributed by atoms with Crippen molar-refractivity contribution in [1.82, 2.24) is 19.8 Å². The molecule has 5 heteroatoms. The van der Waals surface area contributed by atoms with Gasteiger partial charge in [0.05, 0.1) is 6.04 Å². The Labute approximate surface area is 125 Å². The number of aromatic nitrogens is 2. The van der Waals surface area contributed by atoms with Gasteiger partial charge in [-0.25, -0.2) is 4.98 Å². The third-order valence-corrected chi connectivity index (χ3v) is 3.53. The first-order chi connectivity index (χ1) is 9.99. The maximum Gasteiger partial charge on any atom is 0.287 e. The Bertz CT molecular complexity index is 618. The first kappa shape index (κ1) is 15.3. The summed E-state index contributed by atoms with van der Waals surface area (Å²) in [6, 6.07) is 8.49. The molecule has 0 saturated heterocycles. The number of nitrogens with one attached hydrogen (secondary N) is 1. The molecule has 1 atom stereocenters. The Morgan fingerprint density at radius 3 is 2.76 bits per heavy atom. The van der Waals surface area contributed by atoms with Crippen LogP contribution in [0.3, 0.4) is 0 Å². The van der Waals surface area contributed by atoms with E-state index in [9.17, 15) is 4.79 Å². The van der Waals surface area contributed by atoms with E-state index in [1.807, 2.05) is 27.2 Å². The smallest absolute Gasteiger partial charge is 0.287 e. The molecule has 1 amide bonds. The second-order valence-electron chi connectivity index (χ2n) is 5.47. The second kappa shape index (κ2) is 6.54. The predicted molar refractivity (Wildman–Crippen MR) is 83.1 cm³/mol. The highest BCUT2D eigenvalue weighted by molar-refractivity contribution is 5.90. The lowest BCUT2D eigenvalue weighted by Crippen LogP contribution is -2.35. The molecule has 0 spiro atoms. The number of rotatable bonds is 5. The molecule has 1 unspecified atom stereocenters. The maximum atomic E-state index is 12.1. The monoisotopic (exact) mass is 286 g/mol. The number of hydrogen-bond acceptors (Lipinski definition) is 3. The summed E-state index contributed by atoms with van der Waals surface area (Å²) in [5.41, 5.74) is 2.41. The number of aryl methyl sites for hydroxylation is 2. The van der Waals surface area contributed by atoms with Crippen molar-refractivity contribution in [2.24, 2.45) is 7.05 Å². The van der Waals surface area contributed by atoms with Crippen LogP contribution in [0.2, 0.25) is 0 Å². The zero-order valence-electron chi connectivity index (χ0n) is 13.0. The van der Waals surface area contributed by atoms with Gasteiger partial charge < -0.3 is 14.8 Å². The van der Waals surface area contributed by atoms with Crippen molar-refractivity contribution in [3.05, 3.63) is 53.6 Å². The number of amides is 1. The van der Waals surface area contributed by atoms with Crippen molar-refractivity contribution in [3.63, 3.8) is 0 Å². The Kier molecular flexibility index (Phi) is 4.75. The van der Waals surface area contributed by atoms with Gasteiger partial charge in [-0.1, -0.05) is 29.8 Å². The summed E-state index contributed by atoms with van der Waals surface area (Å²) in [7, 11) is 5.84. The van der Waals surface area contributed by atoms with Crippen molar-refractivity contribution in [2.45, 2.75) is 13.0 Å². The summed E-state index contributed by atoms with van der Waals surface area (Å²) in [5, 5.41) is 2.96. The van der Waals surface area contributed by atoms with Crippen LogP contribution in [0.1, 0.15) is 27.8 Å². The molecule has 1 heterocycles. The van der Waals surface area contributed by atoms with Gasteiger partial charge >= 0.3 is 0 Å². The number of imidazole rings is 1. The van der Waals surface area contributed by atoms with Crippen molar-refractivity contribution in [2.75, 3.05) is 20.6 Å². The lowest BCUT2D eigenvalue weighted by atomic mass is 10.0. The van der Waals surface area contributed by atoms with Gasteiger partial charge in [0.1, 0.15) is 0 Å². The van der Waals surface area contributed by atoms with Crippen molar-refractivity contribution in [1.29, 1.82) is 0 Å². The molecule has 1 N–H and O–H groups in total. The van der Waals surface area contributed by atoms with Gasteiger partial charge in [-0.15, -0.1) is 0 Å². The fraction of sp³-hybridized carbons (Fsp3) is 0.375. The standard InChI is InChI=1S/C16H22N4O/c1-12-6-5-7-13(10-12)14(19(2)3)11-18-16(21)15-17-8-9-20(15)4/h5-10,14H,11H2,1-4H3,(H,18,21). The Morgan fingerprint density at radius 1 is 1.43 bits per heavy atom. The topological polar surface area (TPSA) is 50.2 Å². The summed E-state index contributed by atoms with van der Waals surface area (Å²) in [4.78, 5) is 18.3. The molecule has 0 aliphatic rings. The summed E-state index contributed by atoms with van der Waals surface area (Å²) in [6.45, 7) is 2.62. The van der Waals surface area contributed by atoms with Crippen LogP contribution in [0.5, 0.6) is 0 Å². The highest BCUT2D eigenvalue weighted by atomic mass is 16.2. The lowest BCUT2D eigenvalue weighted by Gasteiger charge is -2.25. The molecule has 0 aliphatic carbocycles.